The number of nitrogens with zero attached hydrogens (tertiary/aromatic N) is 3. The van der Waals surface area contributed by atoms with E-state index in [2.05, 4.69) is 226 Å². The quantitative estimate of drug-likeness (QED) is 0.121. The Morgan fingerprint density at radius 2 is 0.708 bits per heavy atom. The normalized spacial score (nSPS) is 11.7. The summed E-state index contributed by atoms with van der Waals surface area (Å²) in [6.45, 7) is 0. The summed E-state index contributed by atoms with van der Waals surface area (Å²) in [4.78, 5) is 2.35. The minimum absolute atomic E-state index is 0.268. The van der Waals surface area contributed by atoms with Gasteiger partial charge in [-0.15, -0.1) is 0 Å². The first-order chi connectivity index (χ1) is 35.6. The van der Waals surface area contributed by atoms with Crippen LogP contribution in [0.2, 0.25) is 0 Å². The number of benzene rings is 11. The molecule has 0 saturated carbocycles. The molecule has 72 heavy (non-hydrogen) atoms. The third-order valence-corrected chi connectivity index (χ3v) is 24.2. The monoisotopic (exact) mass is 989 g/mol. The van der Waals surface area contributed by atoms with E-state index in [1.165, 1.54) is 23.0 Å². The fourth-order valence-electron chi connectivity index (χ4n) is 11.0. The topological polar surface area (TPSA) is 22.3 Å². The van der Waals surface area contributed by atoms with E-state index in [0.29, 0.717) is 0 Å². The second-order valence-electron chi connectivity index (χ2n) is 18.2. The van der Waals surface area contributed by atoms with E-state index in [9.17, 15) is 4.39 Å². The molecule has 0 bridgehead atoms. The predicted molar refractivity (Wildman–Crippen MR) is 300 cm³/mol. The van der Waals surface area contributed by atoms with Crippen molar-refractivity contribution in [1.29, 1.82) is 0 Å². The van der Waals surface area contributed by atoms with Gasteiger partial charge >= 0.3 is 332 Å². The van der Waals surface area contributed by atoms with Gasteiger partial charge in [0.25, 0.3) is 0 Å². The summed E-state index contributed by atoms with van der Waals surface area (Å²) in [5.41, 5.74) is 9.37. The molecular weight excluding hydrogens is 942 g/mol. The summed E-state index contributed by atoms with van der Waals surface area (Å²) in [5.74, 6) is 1.26. The Labute approximate surface area is 420 Å². The van der Waals surface area contributed by atoms with Crippen LogP contribution in [0, 0.1) is 5.82 Å². The van der Waals surface area contributed by atoms with Gasteiger partial charge in [0.1, 0.15) is 5.75 Å². The Morgan fingerprint density at radius 1 is 0.306 bits per heavy atom. The first-order valence-corrected chi connectivity index (χ1v) is 28.5. The molecule has 0 unspecified atom stereocenters. The first-order valence-electron chi connectivity index (χ1n) is 24.3. The van der Waals surface area contributed by atoms with Crippen LogP contribution >= 0.6 is 0 Å². The summed E-state index contributed by atoms with van der Waals surface area (Å²) >= 11 is -3.70. The molecule has 0 amide bonds. The van der Waals surface area contributed by atoms with Crippen molar-refractivity contribution in [3.8, 4) is 22.9 Å². The van der Waals surface area contributed by atoms with Crippen LogP contribution < -0.4 is 27.2 Å². The zero-order valence-corrected chi connectivity index (χ0v) is 41.3. The summed E-state index contributed by atoms with van der Waals surface area (Å²) in [6, 6.07) is 98.5. The van der Waals surface area contributed by atoms with E-state index in [0.717, 1.165) is 78.2 Å². The third-order valence-electron chi connectivity index (χ3n) is 14.1. The van der Waals surface area contributed by atoms with Crippen molar-refractivity contribution >= 4 is 91.5 Å². The Hall–Kier alpha value is -8.91. The Kier molecular flexibility index (Phi) is 10.9. The van der Waals surface area contributed by atoms with Crippen molar-refractivity contribution < 1.29 is 9.13 Å². The number of fused-ring (bicyclic) bond motifs is 6. The average molecular weight is 989 g/mol. The zero-order chi connectivity index (χ0) is 48.0. The van der Waals surface area contributed by atoms with Crippen molar-refractivity contribution in [2.45, 2.75) is 0 Å². The molecule has 2 aromatic heterocycles. The fourth-order valence-corrected chi connectivity index (χ4v) is 21.0. The van der Waals surface area contributed by atoms with Gasteiger partial charge < -0.3 is 0 Å². The van der Waals surface area contributed by atoms with Crippen molar-refractivity contribution in [2.75, 3.05) is 4.90 Å². The molecule has 0 radical (unpaired) electrons. The number of hydrogen-bond acceptors (Lipinski definition) is 2. The molecular formula is C66H46FGeN3O. The molecule has 13 aromatic rings. The molecule has 11 aromatic carbocycles. The number of ether oxygens (including phenoxy) is 1. The average Bonchev–Trinajstić information content (AvgIpc) is 3.95. The number of halogens is 1. The SMILES string of the molecule is Fc1ccc(-n2c3ccc(N(c4ccc(Oc5ccccc5)cc4)c4ccc5c(c4)c4ccccc4n5-c4ccccc4)cc3c3c[c]([Ge]([c]4ccccc4)([c]4ccccc4)[c]4ccccc4)ccc32)cc1. The molecule has 0 aliphatic heterocycles. The van der Waals surface area contributed by atoms with Crippen LogP contribution in [0.25, 0.3) is 55.0 Å². The molecule has 6 heteroatoms. The van der Waals surface area contributed by atoms with Crippen molar-refractivity contribution in [1.82, 2.24) is 9.13 Å². The summed E-state index contributed by atoms with van der Waals surface area (Å²) < 4.78 is 31.0. The van der Waals surface area contributed by atoms with Crippen LogP contribution in [0.3, 0.4) is 0 Å². The number of para-hydroxylation sites is 3. The van der Waals surface area contributed by atoms with Crippen LogP contribution in [0.15, 0.2) is 279 Å². The molecule has 0 spiro atoms. The van der Waals surface area contributed by atoms with Gasteiger partial charge in [-0.2, -0.15) is 0 Å². The van der Waals surface area contributed by atoms with E-state index in [4.69, 9.17) is 4.74 Å². The summed E-state index contributed by atoms with van der Waals surface area (Å²) in [7, 11) is 0. The van der Waals surface area contributed by atoms with Crippen molar-refractivity contribution in [3.05, 3.63) is 285 Å². The maximum absolute atomic E-state index is 14.7. The van der Waals surface area contributed by atoms with Gasteiger partial charge in [-0.3, -0.25) is 0 Å². The first kappa shape index (κ1) is 43.1. The second-order valence-corrected chi connectivity index (χ2v) is 26.2. The zero-order valence-electron chi connectivity index (χ0n) is 39.2. The molecule has 0 N–H and O–H groups in total. The maximum atomic E-state index is 14.7. The van der Waals surface area contributed by atoms with Gasteiger partial charge in [0, 0.05) is 5.69 Å². The van der Waals surface area contributed by atoms with Crippen molar-refractivity contribution in [3.63, 3.8) is 0 Å². The number of aromatic nitrogens is 2. The van der Waals surface area contributed by atoms with Gasteiger partial charge in [-0.25, -0.2) is 0 Å². The van der Waals surface area contributed by atoms with Crippen LogP contribution in [-0.4, -0.2) is 22.4 Å². The molecule has 4 nitrogen and oxygen atoms in total. The number of hydrogen-bond donors (Lipinski definition) is 0. The van der Waals surface area contributed by atoms with Crippen LogP contribution in [0.4, 0.5) is 21.5 Å². The molecule has 0 aliphatic carbocycles. The molecule has 2 heterocycles. The van der Waals surface area contributed by atoms with Gasteiger partial charge in [-0.1, -0.05) is 48.5 Å². The standard InChI is InChI=1S/C66H46FGeN3O/c67-47-30-33-54(34-31-47)71-64-41-32-51(68(48-18-6-1-7-19-48,49-20-8-2-9-21-49)50-22-10-3-11-23-50)44-60(64)62-46-56(38-43-66(62)71)69(53-35-39-58(40-36-53)72-57-26-14-5-15-27-57)55-37-42-65-61(45-55)59-28-16-17-29-63(59)70(65)52-24-12-4-13-25-52/h1-46H. The molecule has 342 valence electrons. The number of anilines is 3. The third kappa shape index (κ3) is 7.36. The molecule has 0 aliphatic rings. The molecule has 0 atom stereocenters. The second kappa shape index (κ2) is 18.1. The van der Waals surface area contributed by atoms with E-state index in [1.807, 2.05) is 54.6 Å². The van der Waals surface area contributed by atoms with E-state index < -0.39 is 13.3 Å². The molecule has 0 fully saturated rings. The summed E-state index contributed by atoms with van der Waals surface area (Å²) in [6.07, 6.45) is 0. The van der Waals surface area contributed by atoms with Crippen LogP contribution in [0.5, 0.6) is 11.5 Å². The van der Waals surface area contributed by atoms with Gasteiger partial charge in [0.15, 0.2) is 0 Å². The predicted octanol–water partition coefficient (Wildman–Crippen LogP) is 14.7. The van der Waals surface area contributed by atoms with Gasteiger partial charge in [0.05, 0.1) is 0 Å². The van der Waals surface area contributed by atoms with Crippen LogP contribution in [-0.2, 0) is 0 Å². The number of rotatable bonds is 11. The molecule has 13 rings (SSSR count). The van der Waals surface area contributed by atoms with Gasteiger partial charge in [0.2, 0.25) is 0 Å². The minimum atomic E-state index is -3.70. The fraction of sp³-hybridized carbons (Fsp3) is 0. The Bertz CT molecular complexity index is 3950. The van der Waals surface area contributed by atoms with E-state index in [1.54, 1.807) is 12.1 Å². The van der Waals surface area contributed by atoms with E-state index in [-0.39, 0.29) is 5.82 Å². The summed E-state index contributed by atoms with van der Waals surface area (Å²) in [5, 5.41) is 4.55. The van der Waals surface area contributed by atoms with E-state index >= 15 is 0 Å². The van der Waals surface area contributed by atoms with Crippen molar-refractivity contribution in [2.24, 2.45) is 0 Å². The Morgan fingerprint density at radius 3 is 1.26 bits per heavy atom. The van der Waals surface area contributed by atoms with Gasteiger partial charge in [-0.05, 0) is 30.3 Å². The Balaban J connectivity index is 1.06. The molecule has 0 saturated heterocycles. The van der Waals surface area contributed by atoms with Crippen LogP contribution in [0.1, 0.15) is 0 Å².